The Balaban J connectivity index is 0.000000331. The van der Waals surface area contributed by atoms with Gasteiger partial charge in [-0.25, -0.2) is 9.59 Å². The number of fused-ring (bicyclic) bond motifs is 3. The molecule has 0 spiro atoms. The molecule has 0 fully saturated rings. The number of nitrogens with one attached hydrogen (secondary N) is 1. The monoisotopic (exact) mass is 488 g/mol. The third kappa shape index (κ3) is 5.34. The molecule has 0 saturated heterocycles. The summed E-state index contributed by atoms with van der Waals surface area (Å²) in [7, 11) is 0. The number of aromatic nitrogens is 1. The van der Waals surface area contributed by atoms with Crippen LogP contribution in [0.15, 0.2) is 78.9 Å². The fraction of sp³-hybridized carbons (Fsp3) is 0.214. The average Bonchev–Trinajstić information content (AvgIpc) is 3.23. The quantitative estimate of drug-likeness (QED) is 0.248. The zero-order valence-corrected chi connectivity index (χ0v) is 19.9. The van der Waals surface area contributed by atoms with Crippen LogP contribution in [0.2, 0.25) is 0 Å². The van der Waals surface area contributed by atoms with E-state index in [0.717, 1.165) is 30.1 Å². The van der Waals surface area contributed by atoms with Crippen LogP contribution in [0.4, 0.5) is 0 Å². The molecule has 8 nitrogen and oxygen atoms in total. The van der Waals surface area contributed by atoms with E-state index in [-0.39, 0.29) is 6.04 Å². The van der Waals surface area contributed by atoms with Crippen molar-refractivity contribution in [2.45, 2.75) is 13.0 Å². The first-order chi connectivity index (χ1) is 17.5. The second kappa shape index (κ2) is 11.4. The van der Waals surface area contributed by atoms with Gasteiger partial charge in [-0.2, -0.15) is 0 Å². The third-order valence-corrected chi connectivity index (χ3v) is 5.82. The highest BCUT2D eigenvalue weighted by Crippen LogP contribution is 2.44. The number of aliphatic carboxylic acids is 2. The van der Waals surface area contributed by atoms with E-state index in [1.807, 2.05) is 0 Å². The molecule has 1 aliphatic rings. The summed E-state index contributed by atoms with van der Waals surface area (Å²) in [6.45, 7) is 5.18. The Morgan fingerprint density at radius 1 is 1.03 bits per heavy atom. The van der Waals surface area contributed by atoms with E-state index in [2.05, 4.69) is 83.5 Å². The molecule has 4 aromatic rings. The molecule has 8 heteroatoms. The molecule has 36 heavy (non-hydrogen) atoms. The maximum Gasteiger partial charge on any atom is 0.328 e. The Morgan fingerprint density at radius 3 is 2.44 bits per heavy atom. The Morgan fingerprint density at radius 2 is 1.75 bits per heavy atom. The zero-order valence-electron chi connectivity index (χ0n) is 19.9. The molecule has 0 aliphatic carbocycles. The summed E-state index contributed by atoms with van der Waals surface area (Å²) in [5.74, 6) is -0.635. The highest BCUT2D eigenvalue weighted by Gasteiger charge is 2.28. The molecule has 0 amide bonds. The predicted octanol–water partition coefficient (Wildman–Crippen LogP) is 4.48. The Bertz CT molecular complexity index is 1380. The van der Waals surface area contributed by atoms with Gasteiger partial charge < -0.3 is 29.6 Å². The molecule has 2 heterocycles. The second-order valence-corrected chi connectivity index (χ2v) is 8.12. The van der Waals surface area contributed by atoms with Gasteiger partial charge in [0.1, 0.15) is 24.7 Å². The smallest absolute Gasteiger partial charge is 0.328 e. The van der Waals surface area contributed by atoms with Gasteiger partial charge >= 0.3 is 11.9 Å². The van der Waals surface area contributed by atoms with Crippen LogP contribution in [-0.4, -0.2) is 53.0 Å². The summed E-state index contributed by atoms with van der Waals surface area (Å²) < 4.78 is 14.8. The fourth-order valence-corrected chi connectivity index (χ4v) is 4.36. The Kier molecular flexibility index (Phi) is 7.87. The van der Waals surface area contributed by atoms with Crippen molar-refractivity contribution in [3.63, 3.8) is 0 Å². The SMILES string of the molecule is CCNCCOc1cccc2c1c1cccc3c1n2C(c1ccccc1)CO3.O=C(O)/C=C\C(=O)O. The van der Waals surface area contributed by atoms with Crippen LogP contribution in [0.25, 0.3) is 21.8 Å². The number of para-hydroxylation sites is 1. The van der Waals surface area contributed by atoms with Crippen molar-refractivity contribution in [2.24, 2.45) is 0 Å². The topological polar surface area (TPSA) is 110 Å². The number of ether oxygens (including phenoxy) is 2. The summed E-state index contributed by atoms with van der Waals surface area (Å²) in [5.41, 5.74) is 3.61. The number of carboxylic acids is 2. The highest BCUT2D eigenvalue weighted by molar-refractivity contribution is 6.13. The minimum absolute atomic E-state index is 0.146. The molecule has 0 radical (unpaired) electrons. The van der Waals surface area contributed by atoms with Crippen molar-refractivity contribution >= 4 is 33.7 Å². The van der Waals surface area contributed by atoms with Gasteiger partial charge in [0.25, 0.3) is 0 Å². The van der Waals surface area contributed by atoms with Crippen LogP contribution in [0.5, 0.6) is 11.5 Å². The van der Waals surface area contributed by atoms with Gasteiger partial charge in [0.05, 0.1) is 17.1 Å². The van der Waals surface area contributed by atoms with Crippen LogP contribution >= 0.6 is 0 Å². The standard InChI is InChI=1S/C24H24N2O2.C4H4O4/c1-2-25-14-15-27-21-12-7-11-19-23(21)18-10-6-13-22-24(18)26(19)20(16-28-22)17-8-4-3-5-9-17;5-3(6)1-2-4(7)8/h3-13,20,25H,2,14-16H2,1H3;1-2H,(H,5,6)(H,7,8)/b;2-1-. The van der Waals surface area contributed by atoms with E-state index in [4.69, 9.17) is 19.7 Å². The first-order valence-corrected chi connectivity index (χ1v) is 11.7. The van der Waals surface area contributed by atoms with Gasteiger partial charge in [0.2, 0.25) is 0 Å². The summed E-state index contributed by atoms with van der Waals surface area (Å²) in [5, 5.41) is 21.3. The highest BCUT2D eigenvalue weighted by atomic mass is 16.5. The van der Waals surface area contributed by atoms with Crippen molar-refractivity contribution in [1.29, 1.82) is 0 Å². The molecule has 0 bridgehead atoms. The number of carbonyl (C=O) groups is 2. The third-order valence-electron chi connectivity index (χ3n) is 5.82. The van der Waals surface area contributed by atoms with Crippen molar-refractivity contribution in [3.8, 4) is 11.5 Å². The summed E-state index contributed by atoms with van der Waals surface area (Å²) in [6.07, 6.45) is 1.12. The molecule has 0 saturated carbocycles. The average molecular weight is 489 g/mol. The first-order valence-electron chi connectivity index (χ1n) is 11.7. The minimum atomic E-state index is -1.26. The van der Waals surface area contributed by atoms with E-state index in [1.54, 1.807) is 0 Å². The lowest BCUT2D eigenvalue weighted by Crippen LogP contribution is -2.22. The molecule has 1 unspecified atom stereocenters. The second-order valence-electron chi connectivity index (χ2n) is 8.12. The predicted molar refractivity (Wildman–Crippen MR) is 138 cm³/mol. The van der Waals surface area contributed by atoms with Gasteiger partial charge in [-0.05, 0) is 30.3 Å². The van der Waals surface area contributed by atoms with Gasteiger partial charge in [0.15, 0.2) is 0 Å². The van der Waals surface area contributed by atoms with Crippen molar-refractivity contribution in [3.05, 3.63) is 84.4 Å². The first kappa shape index (κ1) is 24.8. The van der Waals surface area contributed by atoms with Crippen LogP contribution in [-0.2, 0) is 9.59 Å². The van der Waals surface area contributed by atoms with Crippen molar-refractivity contribution < 1.29 is 29.3 Å². The Hall–Kier alpha value is -4.30. The molecule has 3 N–H and O–H groups in total. The van der Waals surface area contributed by atoms with Crippen LogP contribution in [0.1, 0.15) is 18.5 Å². The van der Waals surface area contributed by atoms with Crippen LogP contribution < -0.4 is 14.8 Å². The van der Waals surface area contributed by atoms with Crippen LogP contribution in [0, 0.1) is 0 Å². The summed E-state index contributed by atoms with van der Waals surface area (Å²) >= 11 is 0. The number of carboxylic acid groups (broad SMARTS) is 2. The maximum atomic E-state index is 9.55. The fourth-order valence-electron chi connectivity index (χ4n) is 4.36. The lowest BCUT2D eigenvalue weighted by atomic mass is 10.1. The number of nitrogens with zero attached hydrogens (tertiary/aromatic N) is 1. The Labute approximate surface area is 208 Å². The van der Waals surface area contributed by atoms with E-state index in [1.165, 1.54) is 21.9 Å². The molecular formula is C28H28N2O6. The van der Waals surface area contributed by atoms with Crippen molar-refractivity contribution in [2.75, 3.05) is 26.3 Å². The van der Waals surface area contributed by atoms with Gasteiger partial charge in [0, 0.05) is 29.5 Å². The lowest BCUT2D eigenvalue weighted by Gasteiger charge is -2.27. The van der Waals surface area contributed by atoms with E-state index in [0.29, 0.717) is 25.4 Å². The number of hydrogen-bond acceptors (Lipinski definition) is 5. The molecule has 3 aromatic carbocycles. The van der Waals surface area contributed by atoms with Gasteiger partial charge in [-0.1, -0.05) is 55.5 Å². The normalized spacial score (nSPS) is 14.3. The molecule has 186 valence electrons. The van der Waals surface area contributed by atoms with Gasteiger partial charge in [-0.3, -0.25) is 0 Å². The zero-order chi connectivity index (χ0) is 25.5. The molecule has 1 aromatic heterocycles. The van der Waals surface area contributed by atoms with Crippen LogP contribution in [0.3, 0.4) is 0 Å². The summed E-state index contributed by atoms with van der Waals surface area (Å²) in [4.78, 5) is 19.1. The number of benzene rings is 3. The maximum absolute atomic E-state index is 9.55. The van der Waals surface area contributed by atoms with E-state index < -0.39 is 11.9 Å². The van der Waals surface area contributed by atoms with Crippen molar-refractivity contribution in [1.82, 2.24) is 9.88 Å². The molecule has 5 rings (SSSR count). The minimum Gasteiger partial charge on any atom is -0.492 e. The number of hydrogen-bond donors (Lipinski definition) is 3. The number of likely N-dealkylation sites (N-methyl/N-ethyl adjacent to an activating group) is 1. The lowest BCUT2D eigenvalue weighted by molar-refractivity contribution is -0.134. The van der Waals surface area contributed by atoms with Gasteiger partial charge in [-0.15, -0.1) is 0 Å². The van der Waals surface area contributed by atoms with E-state index in [9.17, 15) is 9.59 Å². The molecular weight excluding hydrogens is 460 g/mol. The number of rotatable bonds is 8. The molecule has 1 aliphatic heterocycles. The summed E-state index contributed by atoms with van der Waals surface area (Å²) in [6, 6.07) is 23.4. The largest absolute Gasteiger partial charge is 0.492 e. The molecule has 1 atom stereocenters. The van der Waals surface area contributed by atoms with E-state index >= 15 is 0 Å².